The monoisotopic (exact) mass is 865 g/mol. The van der Waals surface area contributed by atoms with Crippen molar-refractivity contribution < 1.29 is 28.5 Å². The van der Waals surface area contributed by atoms with Crippen molar-refractivity contribution in [1.82, 2.24) is 10.3 Å². The summed E-state index contributed by atoms with van der Waals surface area (Å²) in [6, 6.07) is 60.8. The quantitative estimate of drug-likeness (QED) is 0.0926. The highest BCUT2D eigenvalue weighted by Crippen LogP contribution is 2.44. The number of thioether (sulfide) groups is 1. The van der Waals surface area contributed by atoms with E-state index in [1.165, 1.54) is 11.8 Å². The highest BCUT2D eigenvalue weighted by Gasteiger charge is 2.39. The van der Waals surface area contributed by atoms with Gasteiger partial charge < -0.3 is 34.4 Å². The van der Waals surface area contributed by atoms with E-state index in [1.807, 2.05) is 170 Å². The van der Waals surface area contributed by atoms with E-state index in [-0.39, 0.29) is 30.8 Å². The van der Waals surface area contributed by atoms with Crippen LogP contribution in [0.15, 0.2) is 198 Å². The molecule has 1 aliphatic heterocycles. The zero-order valence-corrected chi connectivity index (χ0v) is 36.0. The summed E-state index contributed by atoms with van der Waals surface area (Å²) < 4.78 is 26.0. The maximum atomic E-state index is 13.0. The SMILES string of the molecule is CC1C(CSc2nc(-c3ccccc3)c(-c3ccccc3)o2)OC(c2ccc(-c3ccccc3CNC(=O)Nc3ccc(Oc4ccccc4)cc3)cc2)OC1c1ccc(CO)cc1. The van der Waals surface area contributed by atoms with E-state index >= 15 is 0 Å². The fourth-order valence-corrected chi connectivity index (χ4v) is 8.75. The van der Waals surface area contributed by atoms with Crippen molar-refractivity contribution in [3.05, 3.63) is 210 Å². The third-order valence-electron chi connectivity index (χ3n) is 11.2. The van der Waals surface area contributed by atoms with E-state index in [0.29, 0.717) is 29.0 Å². The van der Waals surface area contributed by atoms with Crippen LogP contribution in [-0.4, -0.2) is 28.0 Å². The number of para-hydroxylation sites is 1. The second kappa shape index (κ2) is 20.0. The average Bonchev–Trinajstić information content (AvgIpc) is 3.79. The van der Waals surface area contributed by atoms with Gasteiger partial charge in [-0.25, -0.2) is 9.78 Å². The minimum Gasteiger partial charge on any atom is -0.457 e. The molecule has 64 heavy (non-hydrogen) atoms. The molecule has 0 spiro atoms. The third kappa shape index (κ3) is 10.1. The number of benzene rings is 7. The number of aromatic nitrogens is 1. The Balaban J connectivity index is 0.895. The second-order valence-corrected chi connectivity index (χ2v) is 16.5. The average molecular weight is 866 g/mol. The smallest absolute Gasteiger partial charge is 0.319 e. The van der Waals surface area contributed by atoms with E-state index in [1.54, 1.807) is 0 Å². The van der Waals surface area contributed by atoms with Crippen LogP contribution >= 0.6 is 11.8 Å². The Labute approximate surface area is 377 Å². The van der Waals surface area contributed by atoms with Gasteiger partial charge in [0.05, 0.1) is 18.8 Å². The molecular formula is C54H47N3O6S. The number of carbonyl (C=O) groups is 1. The molecule has 1 fully saturated rings. The Hall–Kier alpha value is -6.95. The van der Waals surface area contributed by atoms with E-state index in [4.69, 9.17) is 23.6 Å². The number of hydrogen-bond acceptors (Lipinski definition) is 8. The van der Waals surface area contributed by atoms with Gasteiger partial charge in [0, 0.05) is 40.6 Å². The molecule has 7 aromatic carbocycles. The third-order valence-corrected chi connectivity index (χ3v) is 12.1. The van der Waals surface area contributed by atoms with Crippen LogP contribution in [0.3, 0.4) is 0 Å². The lowest BCUT2D eigenvalue weighted by Gasteiger charge is -2.41. The van der Waals surface area contributed by atoms with Gasteiger partial charge in [0.15, 0.2) is 12.1 Å². The lowest BCUT2D eigenvalue weighted by atomic mass is 9.91. The number of urea groups is 1. The highest BCUT2D eigenvalue weighted by molar-refractivity contribution is 7.99. The summed E-state index contributed by atoms with van der Waals surface area (Å²) in [5, 5.41) is 16.2. The van der Waals surface area contributed by atoms with Crippen molar-refractivity contribution in [3.8, 4) is 45.2 Å². The number of anilines is 1. The van der Waals surface area contributed by atoms with Crippen molar-refractivity contribution in [2.24, 2.45) is 5.92 Å². The van der Waals surface area contributed by atoms with Gasteiger partial charge in [-0.2, -0.15) is 0 Å². The number of carbonyl (C=O) groups excluding carboxylic acids is 1. The van der Waals surface area contributed by atoms with Crippen LogP contribution in [-0.2, 0) is 22.6 Å². The number of ether oxygens (including phenoxy) is 3. The number of hydrogen-bond donors (Lipinski definition) is 3. The molecule has 320 valence electrons. The van der Waals surface area contributed by atoms with Crippen molar-refractivity contribution in [3.63, 3.8) is 0 Å². The first-order valence-electron chi connectivity index (χ1n) is 21.3. The Morgan fingerprint density at radius 3 is 2.00 bits per heavy atom. The summed E-state index contributed by atoms with van der Waals surface area (Å²) in [6.07, 6.45) is -1.15. The van der Waals surface area contributed by atoms with Crippen LogP contribution in [0, 0.1) is 5.92 Å². The summed E-state index contributed by atoms with van der Waals surface area (Å²) in [7, 11) is 0. The summed E-state index contributed by atoms with van der Waals surface area (Å²) in [5.74, 6) is 2.71. The maximum Gasteiger partial charge on any atom is 0.319 e. The molecular weight excluding hydrogens is 819 g/mol. The lowest BCUT2D eigenvalue weighted by Crippen LogP contribution is -2.38. The summed E-state index contributed by atoms with van der Waals surface area (Å²) in [4.78, 5) is 18.0. The summed E-state index contributed by atoms with van der Waals surface area (Å²) in [5.41, 5.74) is 9.10. The summed E-state index contributed by atoms with van der Waals surface area (Å²) in [6.45, 7) is 2.45. The highest BCUT2D eigenvalue weighted by atomic mass is 32.2. The molecule has 2 heterocycles. The van der Waals surface area contributed by atoms with Crippen LogP contribution in [0.1, 0.15) is 41.6 Å². The lowest BCUT2D eigenvalue weighted by molar-refractivity contribution is -0.268. The maximum absolute atomic E-state index is 13.0. The van der Waals surface area contributed by atoms with E-state index < -0.39 is 6.29 Å². The van der Waals surface area contributed by atoms with Crippen LogP contribution < -0.4 is 15.4 Å². The van der Waals surface area contributed by atoms with Crippen molar-refractivity contribution in [2.75, 3.05) is 11.1 Å². The largest absolute Gasteiger partial charge is 0.457 e. The number of nitrogens with zero attached hydrogens (tertiary/aromatic N) is 1. The van der Waals surface area contributed by atoms with Crippen molar-refractivity contribution in [1.29, 1.82) is 0 Å². The van der Waals surface area contributed by atoms with Crippen molar-refractivity contribution >= 4 is 23.5 Å². The van der Waals surface area contributed by atoms with Crippen LogP contribution in [0.2, 0.25) is 0 Å². The standard InChI is InChI=1S/C54H47N3O6S/c1-36-48(35-64-54-57-49(39-13-5-2-6-14-39)51(63-54)40-15-7-3-8-16-40)61-52(62-50(36)41-23-21-37(34-58)22-24-41)42-27-25-38(26-28-42)47-20-12-11-17-43(47)33-55-53(59)56-44-29-31-46(32-30-44)60-45-18-9-4-10-19-45/h2-32,36,48,50,52,58H,33-35H2,1H3,(H2,55,56,59). The number of aliphatic hydroxyl groups excluding tert-OH is 1. The molecule has 2 amide bonds. The van der Waals surface area contributed by atoms with Gasteiger partial charge in [-0.15, -0.1) is 0 Å². The fourth-order valence-electron chi connectivity index (χ4n) is 7.76. The predicted octanol–water partition coefficient (Wildman–Crippen LogP) is 12.9. The zero-order valence-electron chi connectivity index (χ0n) is 35.2. The van der Waals surface area contributed by atoms with Gasteiger partial charge >= 0.3 is 6.03 Å². The van der Waals surface area contributed by atoms with Crippen LogP contribution in [0.5, 0.6) is 11.5 Å². The molecule has 9 rings (SSSR count). The molecule has 1 saturated heterocycles. The molecule has 1 aliphatic rings. The molecule has 3 N–H and O–H groups in total. The molecule has 1 aromatic heterocycles. The van der Waals surface area contributed by atoms with Gasteiger partial charge in [-0.3, -0.25) is 0 Å². The molecule has 8 aromatic rings. The number of nitrogens with one attached hydrogen (secondary N) is 2. The topological polar surface area (TPSA) is 115 Å². The molecule has 0 radical (unpaired) electrons. The predicted molar refractivity (Wildman–Crippen MR) is 252 cm³/mol. The second-order valence-electron chi connectivity index (χ2n) is 15.5. The molecule has 9 nitrogen and oxygen atoms in total. The number of rotatable bonds is 14. The molecule has 4 atom stereocenters. The minimum atomic E-state index is -0.651. The first-order chi connectivity index (χ1) is 31.5. The molecule has 0 bridgehead atoms. The Bertz CT molecular complexity index is 2690. The summed E-state index contributed by atoms with van der Waals surface area (Å²) >= 11 is 1.53. The zero-order chi connectivity index (χ0) is 43.7. The molecule has 4 unspecified atom stereocenters. The normalized spacial score (nSPS) is 17.1. The Morgan fingerprint density at radius 2 is 1.30 bits per heavy atom. The molecule has 0 aliphatic carbocycles. The van der Waals surface area contributed by atoms with Gasteiger partial charge in [-0.05, 0) is 64.2 Å². The first-order valence-corrected chi connectivity index (χ1v) is 22.3. The fraction of sp³-hybridized carbons (Fsp3) is 0.148. The van der Waals surface area contributed by atoms with E-state index in [9.17, 15) is 9.90 Å². The molecule has 0 saturated carbocycles. The van der Waals surface area contributed by atoms with Crippen LogP contribution in [0.25, 0.3) is 33.7 Å². The molecule has 10 heteroatoms. The van der Waals surface area contributed by atoms with Crippen LogP contribution in [0.4, 0.5) is 10.5 Å². The Morgan fingerprint density at radius 1 is 0.672 bits per heavy atom. The number of aliphatic hydroxyl groups is 1. The minimum absolute atomic E-state index is 0.0234. The van der Waals surface area contributed by atoms with Gasteiger partial charge in [0.1, 0.15) is 17.2 Å². The first kappa shape index (κ1) is 42.4. The van der Waals surface area contributed by atoms with E-state index in [0.717, 1.165) is 61.7 Å². The Kier molecular flexibility index (Phi) is 13.3. The van der Waals surface area contributed by atoms with E-state index in [2.05, 4.69) is 35.8 Å². The number of oxazole rings is 1. The van der Waals surface area contributed by atoms with Gasteiger partial charge in [0.25, 0.3) is 5.22 Å². The van der Waals surface area contributed by atoms with Gasteiger partial charge in [0.2, 0.25) is 0 Å². The van der Waals surface area contributed by atoms with Crippen molar-refractivity contribution in [2.45, 2.75) is 43.8 Å². The number of amides is 2. The van der Waals surface area contributed by atoms with Gasteiger partial charge in [-0.1, -0.05) is 170 Å².